The molecule has 174 valence electrons. The number of carbonyl (C=O) groups is 3. The Balaban J connectivity index is 1.32. The number of nitrogens with two attached hydrogens (primary N) is 2. The molecule has 2 unspecified atom stereocenters. The van der Waals surface area contributed by atoms with Gasteiger partial charge in [-0.15, -0.1) is 11.3 Å². The molecule has 8 heteroatoms. The number of carbonyl (C=O) groups excluding carboxylic acids is 3. The predicted molar refractivity (Wildman–Crippen MR) is 131 cm³/mol. The number of hydrogen-bond acceptors (Lipinski definition) is 4. The van der Waals surface area contributed by atoms with E-state index in [1.165, 1.54) is 11.3 Å². The Hall–Kier alpha value is -2.84. The zero-order valence-corrected chi connectivity index (χ0v) is 20.1. The molecular formula is C26H26ClN3O3S+2. The molecule has 2 heterocycles. The number of quaternary nitrogens is 2. The third kappa shape index (κ3) is 4.70. The average molecular weight is 496 g/mol. The number of rotatable bonds is 5. The molecule has 0 spiro atoms. The zero-order valence-electron chi connectivity index (χ0n) is 18.6. The minimum absolute atomic E-state index is 0.0592. The highest BCUT2D eigenvalue weighted by molar-refractivity contribution is 7.17. The molecule has 2 aliphatic rings. The maximum absolute atomic E-state index is 13.2. The van der Waals surface area contributed by atoms with E-state index in [0.29, 0.717) is 27.6 Å². The van der Waals surface area contributed by atoms with E-state index >= 15 is 0 Å². The largest absolute Gasteiger partial charge is 0.353 e. The lowest BCUT2D eigenvalue weighted by atomic mass is 10.1. The second kappa shape index (κ2) is 9.80. The Labute approximate surface area is 206 Å². The smallest absolute Gasteiger partial charge is 0.312 e. The Kier molecular flexibility index (Phi) is 6.61. The molecule has 2 aromatic carbocycles. The molecule has 34 heavy (non-hydrogen) atoms. The molecule has 1 saturated heterocycles. The highest BCUT2D eigenvalue weighted by atomic mass is 35.5. The van der Waals surface area contributed by atoms with Crippen LogP contribution in [0.3, 0.4) is 0 Å². The van der Waals surface area contributed by atoms with Gasteiger partial charge in [-0.1, -0.05) is 35.9 Å². The van der Waals surface area contributed by atoms with E-state index in [1.807, 2.05) is 30.3 Å². The molecule has 1 aromatic heterocycles. The van der Waals surface area contributed by atoms with Gasteiger partial charge in [-0.3, -0.25) is 15.4 Å². The van der Waals surface area contributed by atoms with Crippen molar-refractivity contribution in [1.82, 2.24) is 0 Å². The Bertz CT molecular complexity index is 1240. The van der Waals surface area contributed by atoms with Crippen molar-refractivity contribution < 1.29 is 25.0 Å². The molecule has 0 radical (unpaired) electrons. The highest BCUT2D eigenvalue weighted by Gasteiger charge is 2.41. The Morgan fingerprint density at radius 1 is 0.941 bits per heavy atom. The van der Waals surface area contributed by atoms with Crippen LogP contribution < -0.4 is 15.5 Å². The van der Waals surface area contributed by atoms with E-state index in [1.54, 1.807) is 39.8 Å². The maximum Gasteiger partial charge on any atom is 0.353 e. The molecule has 1 aliphatic heterocycles. The van der Waals surface area contributed by atoms with Crippen molar-refractivity contribution in [3.8, 4) is 0 Å². The van der Waals surface area contributed by atoms with Crippen molar-refractivity contribution >= 4 is 46.3 Å². The van der Waals surface area contributed by atoms with Crippen LogP contribution in [0.1, 0.15) is 56.5 Å². The molecule has 0 bridgehead atoms. The topological polar surface area (TPSA) is 87.7 Å². The summed E-state index contributed by atoms with van der Waals surface area (Å²) in [6.07, 6.45) is 3.22. The van der Waals surface area contributed by atoms with E-state index in [2.05, 4.69) is 6.07 Å². The number of amides is 3. The van der Waals surface area contributed by atoms with E-state index in [4.69, 9.17) is 11.6 Å². The lowest BCUT2D eigenvalue weighted by molar-refractivity contribution is -0.689. The molecule has 1 fully saturated rings. The van der Waals surface area contributed by atoms with Crippen molar-refractivity contribution in [2.24, 2.45) is 0 Å². The minimum Gasteiger partial charge on any atom is -0.312 e. The average Bonchev–Trinajstić information content (AvgIpc) is 3.43. The molecule has 4 N–H and O–H groups in total. The fourth-order valence-corrected chi connectivity index (χ4v) is 5.86. The van der Waals surface area contributed by atoms with Gasteiger partial charge in [0, 0.05) is 30.6 Å². The summed E-state index contributed by atoms with van der Waals surface area (Å²) in [5.41, 5.74) is 3.66. The molecule has 1 aliphatic carbocycles. The molecule has 6 nitrogen and oxygen atoms in total. The van der Waals surface area contributed by atoms with Crippen LogP contribution in [0.4, 0.5) is 5.69 Å². The SMILES string of the molecule is O=C([NH2+]C1c2ccccc2CC1[NH2+]C(=O)c1ccc(Cl)s1)c1ccc(N2CCCCC2=O)cc1. The van der Waals surface area contributed by atoms with E-state index in [-0.39, 0.29) is 29.8 Å². The third-order valence-corrected chi connectivity index (χ3v) is 7.88. The summed E-state index contributed by atoms with van der Waals surface area (Å²) in [5, 5.41) is 3.48. The summed E-state index contributed by atoms with van der Waals surface area (Å²) in [6, 6.07) is 18.5. The lowest BCUT2D eigenvalue weighted by Crippen LogP contribution is -3.02. The van der Waals surface area contributed by atoms with Crippen molar-refractivity contribution in [1.29, 1.82) is 0 Å². The maximum atomic E-state index is 13.2. The number of anilines is 1. The Morgan fingerprint density at radius 2 is 1.74 bits per heavy atom. The van der Waals surface area contributed by atoms with Gasteiger partial charge in [0.1, 0.15) is 4.88 Å². The number of hydrogen-bond donors (Lipinski definition) is 2. The van der Waals surface area contributed by atoms with Crippen LogP contribution in [0.15, 0.2) is 60.7 Å². The molecule has 3 amide bonds. The van der Waals surface area contributed by atoms with Crippen molar-refractivity contribution in [3.63, 3.8) is 0 Å². The first-order valence-corrected chi connectivity index (χ1v) is 12.7. The minimum atomic E-state index is -0.175. The summed E-state index contributed by atoms with van der Waals surface area (Å²) in [6.45, 7) is 0.720. The number of benzene rings is 2. The van der Waals surface area contributed by atoms with Gasteiger partial charge in [-0.2, -0.15) is 0 Å². The van der Waals surface area contributed by atoms with Gasteiger partial charge in [0.05, 0.1) is 9.90 Å². The molecule has 2 atom stereocenters. The second-order valence-corrected chi connectivity index (χ2v) is 10.5. The fourth-order valence-electron chi connectivity index (χ4n) is 4.90. The van der Waals surface area contributed by atoms with Crippen LogP contribution in [-0.4, -0.2) is 30.3 Å². The molecular weight excluding hydrogens is 470 g/mol. The third-order valence-electron chi connectivity index (χ3n) is 6.63. The number of nitrogens with zero attached hydrogens (tertiary/aromatic N) is 1. The number of halogens is 1. The number of piperidine rings is 1. The zero-order chi connectivity index (χ0) is 23.7. The van der Waals surface area contributed by atoms with Gasteiger partial charge < -0.3 is 4.90 Å². The van der Waals surface area contributed by atoms with E-state index in [0.717, 1.165) is 36.2 Å². The van der Waals surface area contributed by atoms with Crippen LogP contribution in [0.5, 0.6) is 0 Å². The van der Waals surface area contributed by atoms with Gasteiger partial charge in [0.2, 0.25) is 5.91 Å². The lowest BCUT2D eigenvalue weighted by Gasteiger charge is -2.26. The molecule has 3 aromatic rings. The fraction of sp³-hybridized carbons (Fsp3) is 0.269. The van der Waals surface area contributed by atoms with Crippen LogP contribution in [-0.2, 0) is 11.2 Å². The predicted octanol–water partition coefficient (Wildman–Crippen LogP) is 2.69. The van der Waals surface area contributed by atoms with Crippen LogP contribution >= 0.6 is 22.9 Å². The number of thiophene rings is 1. The summed E-state index contributed by atoms with van der Waals surface area (Å²) in [5.74, 6) is -0.00567. The van der Waals surface area contributed by atoms with E-state index < -0.39 is 0 Å². The summed E-state index contributed by atoms with van der Waals surface area (Å²) < 4.78 is 0.583. The standard InChI is InChI=1S/C26H24ClN3O3S/c27-22-13-12-21(34-22)26(33)28-20-15-17-5-1-2-6-19(17)24(20)29-25(32)16-8-10-18(11-9-16)30-14-4-3-7-23(30)31/h1-2,5-6,8-13,20,24H,3-4,7,14-15H2,(H,28,33)(H,29,32)/p+2. The van der Waals surface area contributed by atoms with Gasteiger partial charge in [-0.05, 0) is 54.8 Å². The number of fused-ring (bicyclic) bond motifs is 1. The van der Waals surface area contributed by atoms with Crippen molar-refractivity contribution in [2.75, 3.05) is 11.4 Å². The highest BCUT2D eigenvalue weighted by Crippen LogP contribution is 2.28. The molecule has 0 saturated carbocycles. The Morgan fingerprint density at radius 3 is 2.47 bits per heavy atom. The first-order chi connectivity index (χ1) is 16.5. The first-order valence-electron chi connectivity index (χ1n) is 11.5. The van der Waals surface area contributed by atoms with Gasteiger partial charge in [-0.25, -0.2) is 9.59 Å². The van der Waals surface area contributed by atoms with E-state index in [9.17, 15) is 14.4 Å². The monoisotopic (exact) mass is 495 g/mol. The summed E-state index contributed by atoms with van der Waals surface area (Å²) in [4.78, 5) is 40.7. The van der Waals surface area contributed by atoms with Gasteiger partial charge >= 0.3 is 11.8 Å². The number of primary amides is 2. The van der Waals surface area contributed by atoms with Crippen molar-refractivity contribution in [3.05, 3.63) is 86.6 Å². The normalized spacial score (nSPS) is 19.8. The summed E-state index contributed by atoms with van der Waals surface area (Å²) >= 11 is 7.28. The quantitative estimate of drug-likeness (QED) is 0.570. The summed E-state index contributed by atoms with van der Waals surface area (Å²) in [7, 11) is 0. The second-order valence-electron chi connectivity index (χ2n) is 8.81. The van der Waals surface area contributed by atoms with Crippen molar-refractivity contribution in [2.45, 2.75) is 37.8 Å². The molecule has 5 rings (SSSR count). The first kappa shape index (κ1) is 22.9. The van der Waals surface area contributed by atoms with Crippen LogP contribution in [0, 0.1) is 0 Å². The van der Waals surface area contributed by atoms with Crippen LogP contribution in [0.2, 0.25) is 4.34 Å². The van der Waals surface area contributed by atoms with Gasteiger partial charge in [0.15, 0.2) is 12.1 Å². The van der Waals surface area contributed by atoms with Crippen LogP contribution in [0.25, 0.3) is 0 Å². The van der Waals surface area contributed by atoms with Gasteiger partial charge in [0.25, 0.3) is 0 Å².